The molecule has 0 saturated heterocycles. The van der Waals surface area contributed by atoms with Crippen LogP contribution in [0, 0.1) is 25.5 Å². The Morgan fingerprint density at radius 2 is 1.90 bits per heavy atom. The van der Waals surface area contributed by atoms with E-state index in [1.165, 1.54) is 12.1 Å². The number of ether oxygens (including phenoxy) is 1. The van der Waals surface area contributed by atoms with Gasteiger partial charge in [-0.1, -0.05) is 5.16 Å². The predicted molar refractivity (Wildman–Crippen MR) is 69.4 cm³/mol. The molecule has 6 heteroatoms. The Morgan fingerprint density at radius 3 is 2.40 bits per heavy atom. The van der Waals surface area contributed by atoms with Gasteiger partial charge in [-0.05, 0) is 38.6 Å². The van der Waals surface area contributed by atoms with Gasteiger partial charge in [0.05, 0.1) is 11.3 Å². The zero-order valence-corrected chi connectivity index (χ0v) is 11.6. The highest BCUT2D eigenvalue weighted by molar-refractivity contribution is 5.32. The molecule has 1 aromatic carbocycles. The molecule has 0 spiro atoms. The lowest BCUT2D eigenvalue weighted by Crippen LogP contribution is -2.07. The molecule has 0 aliphatic carbocycles. The van der Waals surface area contributed by atoms with Gasteiger partial charge in [0, 0.05) is 6.54 Å². The average molecular weight is 282 g/mol. The molecule has 108 valence electrons. The number of rotatable bonds is 5. The molecule has 0 atom stereocenters. The molecule has 0 saturated carbocycles. The van der Waals surface area contributed by atoms with Crippen molar-refractivity contribution in [2.45, 2.75) is 27.0 Å². The van der Waals surface area contributed by atoms with Crippen LogP contribution in [0.1, 0.15) is 22.6 Å². The molecular formula is C14H16F2N2O2. The van der Waals surface area contributed by atoms with Crippen molar-refractivity contribution in [1.82, 2.24) is 10.5 Å². The van der Waals surface area contributed by atoms with E-state index >= 15 is 0 Å². The summed E-state index contributed by atoms with van der Waals surface area (Å²) >= 11 is 0. The van der Waals surface area contributed by atoms with Crippen molar-refractivity contribution < 1.29 is 18.0 Å². The quantitative estimate of drug-likeness (QED) is 0.916. The Bertz CT molecular complexity index is 569. The zero-order chi connectivity index (χ0) is 14.7. The highest BCUT2D eigenvalue weighted by atomic mass is 19.1. The van der Waals surface area contributed by atoms with Crippen molar-refractivity contribution in [1.29, 1.82) is 0 Å². The molecule has 20 heavy (non-hydrogen) atoms. The third-order valence-electron chi connectivity index (χ3n) is 2.98. The van der Waals surface area contributed by atoms with Crippen LogP contribution in [-0.4, -0.2) is 12.2 Å². The summed E-state index contributed by atoms with van der Waals surface area (Å²) in [6.07, 6.45) is 0. The smallest absolute Gasteiger partial charge is 0.191 e. The number of hydrogen-bond acceptors (Lipinski definition) is 4. The van der Waals surface area contributed by atoms with E-state index in [9.17, 15) is 8.78 Å². The van der Waals surface area contributed by atoms with Gasteiger partial charge in [0.2, 0.25) is 0 Å². The molecule has 1 aromatic heterocycles. The van der Waals surface area contributed by atoms with E-state index in [1.807, 2.05) is 0 Å². The van der Waals surface area contributed by atoms with Crippen molar-refractivity contribution in [2.24, 2.45) is 0 Å². The lowest BCUT2D eigenvalue weighted by Gasteiger charge is -2.10. The minimum atomic E-state index is -0.720. The molecule has 0 aliphatic rings. The summed E-state index contributed by atoms with van der Waals surface area (Å²) < 4.78 is 37.9. The van der Waals surface area contributed by atoms with Gasteiger partial charge in [-0.25, -0.2) is 8.78 Å². The maximum Gasteiger partial charge on any atom is 0.191 e. The van der Waals surface area contributed by atoms with Gasteiger partial charge in [-0.15, -0.1) is 0 Å². The minimum absolute atomic E-state index is 0.0143. The van der Waals surface area contributed by atoms with E-state index in [4.69, 9.17) is 9.26 Å². The van der Waals surface area contributed by atoms with Gasteiger partial charge in [-0.2, -0.15) is 0 Å². The van der Waals surface area contributed by atoms with Crippen molar-refractivity contribution in [2.75, 3.05) is 7.05 Å². The van der Waals surface area contributed by atoms with Crippen LogP contribution in [0.25, 0.3) is 0 Å². The van der Waals surface area contributed by atoms with Crippen molar-refractivity contribution in [3.8, 4) is 5.75 Å². The maximum atomic E-state index is 13.8. The fraction of sp³-hybridized carbons (Fsp3) is 0.357. The Morgan fingerprint density at radius 1 is 1.25 bits per heavy atom. The second kappa shape index (κ2) is 6.00. The lowest BCUT2D eigenvalue weighted by molar-refractivity contribution is 0.270. The first-order chi connectivity index (χ1) is 9.52. The van der Waals surface area contributed by atoms with Gasteiger partial charge in [0.1, 0.15) is 12.4 Å². The number of aromatic nitrogens is 1. The van der Waals surface area contributed by atoms with Crippen molar-refractivity contribution in [3.05, 3.63) is 46.3 Å². The lowest BCUT2D eigenvalue weighted by atomic mass is 10.2. The van der Waals surface area contributed by atoms with E-state index in [2.05, 4.69) is 10.5 Å². The van der Waals surface area contributed by atoms with Gasteiger partial charge in [0.15, 0.2) is 17.4 Å². The Labute approximate surface area is 115 Å². The summed E-state index contributed by atoms with van der Waals surface area (Å²) in [7, 11) is 1.71. The maximum absolute atomic E-state index is 13.8. The molecule has 4 nitrogen and oxygen atoms in total. The topological polar surface area (TPSA) is 47.3 Å². The van der Waals surface area contributed by atoms with Gasteiger partial charge in [-0.3, -0.25) is 0 Å². The molecular weight excluding hydrogens is 266 g/mol. The van der Waals surface area contributed by atoms with E-state index in [0.29, 0.717) is 29.1 Å². The van der Waals surface area contributed by atoms with Gasteiger partial charge in [0.25, 0.3) is 0 Å². The summed E-state index contributed by atoms with van der Waals surface area (Å²) in [5.74, 6) is -1.25. The first-order valence-corrected chi connectivity index (χ1v) is 6.20. The largest absolute Gasteiger partial charge is 0.483 e. The van der Waals surface area contributed by atoms with Crippen molar-refractivity contribution >= 4 is 0 Å². The Hall–Kier alpha value is -1.95. The number of hydrogen-bond donors (Lipinski definition) is 1. The van der Waals surface area contributed by atoms with E-state index in [1.54, 1.807) is 20.9 Å². The predicted octanol–water partition coefficient (Wildman–Crippen LogP) is 2.87. The van der Waals surface area contributed by atoms with Crippen LogP contribution in [0.2, 0.25) is 0 Å². The second-order valence-corrected chi connectivity index (χ2v) is 4.51. The third-order valence-corrected chi connectivity index (χ3v) is 2.98. The summed E-state index contributed by atoms with van der Waals surface area (Å²) in [6.45, 7) is 3.87. The van der Waals surface area contributed by atoms with Crippen LogP contribution < -0.4 is 10.1 Å². The number of aryl methyl sites for hydroxylation is 2. The average Bonchev–Trinajstić information content (AvgIpc) is 2.69. The van der Waals surface area contributed by atoms with Gasteiger partial charge >= 0.3 is 0 Å². The molecule has 2 rings (SSSR count). The molecule has 1 N–H and O–H groups in total. The van der Waals surface area contributed by atoms with Crippen LogP contribution >= 0.6 is 0 Å². The minimum Gasteiger partial charge on any atom is -0.483 e. The third kappa shape index (κ3) is 2.96. The summed E-state index contributed by atoms with van der Waals surface area (Å²) in [5, 5.41) is 6.59. The molecule has 0 bridgehead atoms. The SMILES string of the molecule is CNCc1cc(F)c(OCc2c(C)noc2C)c(F)c1. The fourth-order valence-electron chi connectivity index (χ4n) is 1.91. The van der Waals surface area contributed by atoms with Crippen LogP contribution in [0.3, 0.4) is 0 Å². The highest BCUT2D eigenvalue weighted by Crippen LogP contribution is 2.25. The molecule has 2 aromatic rings. The standard InChI is InChI=1S/C14H16F2N2O2/c1-8-11(9(2)20-18-8)7-19-14-12(15)4-10(6-17-3)5-13(14)16/h4-5,17H,6-7H2,1-3H3. The number of benzene rings is 1. The number of halogens is 2. The van der Waals surface area contributed by atoms with E-state index in [0.717, 1.165) is 0 Å². The Balaban J connectivity index is 2.18. The summed E-state index contributed by atoms with van der Waals surface area (Å²) in [6, 6.07) is 2.50. The highest BCUT2D eigenvalue weighted by Gasteiger charge is 2.15. The molecule has 1 heterocycles. The summed E-state index contributed by atoms with van der Waals surface area (Å²) in [5.41, 5.74) is 1.87. The monoisotopic (exact) mass is 282 g/mol. The van der Waals surface area contributed by atoms with Crippen molar-refractivity contribution in [3.63, 3.8) is 0 Å². The van der Waals surface area contributed by atoms with Gasteiger partial charge < -0.3 is 14.6 Å². The molecule has 0 unspecified atom stereocenters. The summed E-state index contributed by atoms with van der Waals surface area (Å²) in [4.78, 5) is 0. The fourth-order valence-corrected chi connectivity index (χ4v) is 1.91. The normalized spacial score (nSPS) is 10.8. The molecule has 0 aliphatic heterocycles. The van der Waals surface area contributed by atoms with Crippen LogP contribution in [0.5, 0.6) is 5.75 Å². The van der Waals surface area contributed by atoms with Crippen LogP contribution in [-0.2, 0) is 13.2 Å². The number of nitrogens with one attached hydrogen (secondary N) is 1. The molecule has 0 fully saturated rings. The first kappa shape index (κ1) is 14.5. The Kier molecular flexibility index (Phi) is 4.34. The molecule has 0 amide bonds. The second-order valence-electron chi connectivity index (χ2n) is 4.51. The first-order valence-electron chi connectivity index (χ1n) is 6.20. The van der Waals surface area contributed by atoms with E-state index < -0.39 is 11.6 Å². The zero-order valence-electron chi connectivity index (χ0n) is 11.6. The van der Waals surface area contributed by atoms with E-state index in [-0.39, 0.29) is 12.4 Å². The van der Waals surface area contributed by atoms with Crippen LogP contribution in [0.4, 0.5) is 8.78 Å². The molecule has 0 radical (unpaired) electrons. The number of nitrogens with zero attached hydrogens (tertiary/aromatic N) is 1. The van der Waals surface area contributed by atoms with Crippen LogP contribution in [0.15, 0.2) is 16.7 Å².